The molecule has 9 heteroatoms. The number of nitrogens with zero attached hydrogens (tertiary/aromatic N) is 8. The number of anilines is 1. The van der Waals surface area contributed by atoms with E-state index in [0.717, 1.165) is 29.9 Å². The number of benzene rings is 1. The molecule has 0 aliphatic carbocycles. The highest BCUT2D eigenvalue weighted by molar-refractivity contribution is 5.63. The highest BCUT2D eigenvalue weighted by atomic mass is 16.4. The van der Waals surface area contributed by atoms with Crippen LogP contribution in [0.15, 0.2) is 59.4 Å². The van der Waals surface area contributed by atoms with E-state index in [1.807, 2.05) is 50.2 Å². The molecule has 0 N–H and O–H groups in total. The average Bonchev–Trinajstić information content (AvgIpc) is 3.38. The summed E-state index contributed by atoms with van der Waals surface area (Å²) in [4.78, 5) is 17.7. The van der Waals surface area contributed by atoms with Crippen LogP contribution in [-0.2, 0) is 5.41 Å². The fourth-order valence-corrected chi connectivity index (χ4v) is 3.38. The SMILES string of the molecule is CN(C)CCN(C)c1ccc(-c2nnc(-c3cncc(-c4ccnc(C(C)(C)C#N)c4)n3)o2)cc1. The summed E-state index contributed by atoms with van der Waals surface area (Å²) in [5.74, 6) is 0.699. The fraction of sp³-hybridized carbons (Fsp3) is 0.308. The Morgan fingerprint density at radius 2 is 1.63 bits per heavy atom. The zero-order valence-corrected chi connectivity index (χ0v) is 20.6. The molecule has 0 radical (unpaired) electrons. The highest BCUT2D eigenvalue weighted by Crippen LogP contribution is 2.28. The zero-order chi connectivity index (χ0) is 25.0. The molecular formula is C26H28N8O. The average molecular weight is 469 g/mol. The minimum absolute atomic E-state index is 0.285. The van der Waals surface area contributed by atoms with Gasteiger partial charge in [0.1, 0.15) is 5.69 Å². The molecule has 0 spiro atoms. The maximum absolute atomic E-state index is 9.43. The maximum atomic E-state index is 9.43. The Kier molecular flexibility index (Phi) is 6.85. The lowest BCUT2D eigenvalue weighted by molar-refractivity contribution is 0.416. The minimum atomic E-state index is -0.709. The monoisotopic (exact) mass is 468 g/mol. The first kappa shape index (κ1) is 24.0. The Labute approximate surface area is 205 Å². The van der Waals surface area contributed by atoms with Crippen LogP contribution in [0.3, 0.4) is 0 Å². The van der Waals surface area contributed by atoms with Crippen molar-refractivity contribution < 1.29 is 4.42 Å². The summed E-state index contributed by atoms with van der Waals surface area (Å²) >= 11 is 0. The van der Waals surface area contributed by atoms with E-state index in [2.05, 4.69) is 62.2 Å². The molecule has 3 heterocycles. The third-order valence-corrected chi connectivity index (χ3v) is 5.69. The molecule has 0 aliphatic rings. The van der Waals surface area contributed by atoms with Gasteiger partial charge in [0.25, 0.3) is 5.89 Å². The molecule has 1 aromatic carbocycles. The topological polar surface area (TPSA) is 108 Å². The van der Waals surface area contributed by atoms with Gasteiger partial charge in [-0.05, 0) is 64.3 Å². The number of likely N-dealkylation sites (N-methyl/N-ethyl adjacent to an activating group) is 2. The van der Waals surface area contributed by atoms with Gasteiger partial charge in [-0.15, -0.1) is 10.2 Å². The molecule has 0 atom stereocenters. The zero-order valence-electron chi connectivity index (χ0n) is 20.6. The molecule has 4 aromatic rings. The highest BCUT2D eigenvalue weighted by Gasteiger charge is 2.22. The number of rotatable bonds is 8. The number of hydrogen-bond acceptors (Lipinski definition) is 9. The van der Waals surface area contributed by atoms with E-state index in [-0.39, 0.29) is 5.89 Å². The summed E-state index contributed by atoms with van der Waals surface area (Å²) in [5.41, 5.74) is 3.81. The smallest absolute Gasteiger partial charge is 0.268 e. The van der Waals surface area contributed by atoms with Crippen molar-refractivity contribution in [1.82, 2.24) is 30.0 Å². The third-order valence-electron chi connectivity index (χ3n) is 5.69. The summed E-state index contributed by atoms with van der Waals surface area (Å²) < 4.78 is 5.92. The minimum Gasteiger partial charge on any atom is -0.415 e. The van der Waals surface area contributed by atoms with Gasteiger partial charge in [0.05, 0.1) is 35.3 Å². The van der Waals surface area contributed by atoms with Gasteiger partial charge in [0.2, 0.25) is 5.89 Å². The van der Waals surface area contributed by atoms with Crippen molar-refractivity contribution in [2.24, 2.45) is 0 Å². The lowest BCUT2D eigenvalue weighted by atomic mass is 9.90. The largest absolute Gasteiger partial charge is 0.415 e. The van der Waals surface area contributed by atoms with Gasteiger partial charge in [-0.2, -0.15) is 5.26 Å². The van der Waals surface area contributed by atoms with E-state index in [1.54, 1.807) is 18.6 Å². The van der Waals surface area contributed by atoms with Gasteiger partial charge in [-0.1, -0.05) is 0 Å². The molecule has 35 heavy (non-hydrogen) atoms. The number of nitriles is 1. The molecule has 178 valence electrons. The Hall–Kier alpha value is -4.16. The van der Waals surface area contributed by atoms with Gasteiger partial charge >= 0.3 is 0 Å². The van der Waals surface area contributed by atoms with Gasteiger partial charge in [0.15, 0.2) is 0 Å². The van der Waals surface area contributed by atoms with Crippen LogP contribution in [-0.4, -0.2) is 64.3 Å². The predicted molar refractivity (Wildman–Crippen MR) is 134 cm³/mol. The predicted octanol–water partition coefficient (Wildman–Crippen LogP) is 4.05. The number of aromatic nitrogens is 5. The van der Waals surface area contributed by atoms with Crippen LogP contribution >= 0.6 is 0 Å². The fourth-order valence-electron chi connectivity index (χ4n) is 3.38. The van der Waals surface area contributed by atoms with E-state index in [0.29, 0.717) is 23.0 Å². The van der Waals surface area contributed by atoms with E-state index >= 15 is 0 Å². The first-order valence-electron chi connectivity index (χ1n) is 11.3. The molecule has 3 aromatic heterocycles. The van der Waals surface area contributed by atoms with Gasteiger partial charge in [0, 0.05) is 43.1 Å². The molecule has 4 rings (SSSR count). The van der Waals surface area contributed by atoms with Gasteiger partial charge < -0.3 is 14.2 Å². The second-order valence-electron chi connectivity index (χ2n) is 9.14. The van der Waals surface area contributed by atoms with Crippen molar-refractivity contribution >= 4 is 5.69 Å². The Balaban J connectivity index is 1.55. The van der Waals surface area contributed by atoms with Crippen LogP contribution in [0.1, 0.15) is 19.5 Å². The second kappa shape index (κ2) is 9.99. The molecule has 0 unspecified atom stereocenters. The van der Waals surface area contributed by atoms with Crippen molar-refractivity contribution in [3.8, 4) is 40.4 Å². The summed E-state index contributed by atoms with van der Waals surface area (Å²) in [6.07, 6.45) is 4.92. The van der Waals surface area contributed by atoms with Crippen LogP contribution < -0.4 is 4.90 Å². The van der Waals surface area contributed by atoms with Crippen LogP contribution in [0.2, 0.25) is 0 Å². The Morgan fingerprint density at radius 1 is 0.914 bits per heavy atom. The van der Waals surface area contributed by atoms with Crippen molar-refractivity contribution in [2.45, 2.75) is 19.3 Å². The molecule has 0 fully saturated rings. The van der Waals surface area contributed by atoms with Crippen LogP contribution in [0.25, 0.3) is 34.3 Å². The van der Waals surface area contributed by atoms with Crippen LogP contribution in [0, 0.1) is 11.3 Å². The molecule has 0 bridgehead atoms. The standard InChI is InChI=1S/C26H28N8O/c1-26(2,17-27)23-14-19(10-11-29-23)21-15-28-16-22(30-21)25-32-31-24(35-25)18-6-8-20(9-7-18)34(5)13-12-33(3)4/h6-11,14-16H,12-13H2,1-5H3. The molecule has 0 aliphatic heterocycles. The first-order valence-corrected chi connectivity index (χ1v) is 11.3. The normalized spacial score (nSPS) is 11.5. The van der Waals surface area contributed by atoms with Crippen molar-refractivity contribution in [2.75, 3.05) is 39.1 Å². The molecule has 9 nitrogen and oxygen atoms in total. The van der Waals surface area contributed by atoms with Crippen molar-refractivity contribution in [3.05, 3.63) is 60.7 Å². The van der Waals surface area contributed by atoms with Crippen LogP contribution in [0.4, 0.5) is 5.69 Å². The van der Waals surface area contributed by atoms with E-state index in [9.17, 15) is 5.26 Å². The third kappa shape index (κ3) is 5.50. The number of pyridine rings is 1. The molecular weight excluding hydrogens is 440 g/mol. The summed E-state index contributed by atoms with van der Waals surface area (Å²) in [7, 11) is 6.20. The molecule has 0 amide bonds. The second-order valence-corrected chi connectivity index (χ2v) is 9.14. The molecule has 0 saturated carbocycles. The summed E-state index contributed by atoms with van der Waals surface area (Å²) in [6.45, 7) is 5.56. The van der Waals surface area contributed by atoms with Crippen LogP contribution in [0.5, 0.6) is 0 Å². The summed E-state index contributed by atoms with van der Waals surface area (Å²) in [6, 6.07) is 14.0. The van der Waals surface area contributed by atoms with Gasteiger partial charge in [-0.25, -0.2) is 4.98 Å². The van der Waals surface area contributed by atoms with Gasteiger partial charge in [-0.3, -0.25) is 9.97 Å². The van der Waals surface area contributed by atoms with E-state index in [4.69, 9.17) is 4.42 Å². The van der Waals surface area contributed by atoms with E-state index < -0.39 is 5.41 Å². The van der Waals surface area contributed by atoms with E-state index in [1.165, 1.54) is 0 Å². The van der Waals surface area contributed by atoms with Crippen molar-refractivity contribution in [3.63, 3.8) is 0 Å². The maximum Gasteiger partial charge on any atom is 0.268 e. The first-order chi connectivity index (χ1) is 16.8. The molecule has 0 saturated heterocycles. The lowest BCUT2D eigenvalue weighted by Gasteiger charge is -2.21. The lowest BCUT2D eigenvalue weighted by Crippen LogP contribution is -2.28. The Bertz CT molecular complexity index is 1340. The number of hydrogen-bond donors (Lipinski definition) is 0. The quantitative estimate of drug-likeness (QED) is 0.378. The summed E-state index contributed by atoms with van der Waals surface area (Å²) in [5, 5.41) is 17.8. The Morgan fingerprint density at radius 3 is 2.34 bits per heavy atom. The van der Waals surface area contributed by atoms with Crippen molar-refractivity contribution in [1.29, 1.82) is 5.26 Å².